The highest BCUT2D eigenvalue weighted by Gasteiger charge is 2.41. The fourth-order valence-corrected chi connectivity index (χ4v) is 3.37. The number of hydrazine groups is 1. The Morgan fingerprint density at radius 3 is 2.62 bits per heavy atom. The minimum absolute atomic E-state index is 0.174. The van der Waals surface area contributed by atoms with E-state index in [2.05, 4.69) is 24.2 Å². The molecule has 0 aromatic heterocycles. The van der Waals surface area contributed by atoms with Crippen LogP contribution in [0.25, 0.3) is 0 Å². The molecule has 0 bridgehead atoms. The van der Waals surface area contributed by atoms with Crippen LogP contribution in [-0.2, 0) is 0 Å². The number of benzene rings is 1. The van der Waals surface area contributed by atoms with Crippen molar-refractivity contribution < 1.29 is 9.13 Å². The van der Waals surface area contributed by atoms with E-state index in [1.54, 1.807) is 13.2 Å². The predicted octanol–water partition coefficient (Wildman–Crippen LogP) is 2.60. The van der Waals surface area contributed by atoms with Crippen LogP contribution in [0.2, 0.25) is 0 Å². The lowest BCUT2D eigenvalue weighted by molar-refractivity contribution is 0.0827. The van der Waals surface area contributed by atoms with E-state index < -0.39 is 0 Å². The standard InChI is InChI=1S/C16H26FN3O/c1-4-16(2,20-9-5-6-10-20)15(19-18)13-11-12(17)7-8-14(13)21-3/h7-8,11,15,19H,4-6,9-10,18H2,1-3H3. The van der Waals surface area contributed by atoms with Crippen molar-refractivity contribution in [2.45, 2.75) is 44.7 Å². The lowest BCUT2D eigenvalue weighted by Gasteiger charge is -2.44. The van der Waals surface area contributed by atoms with Gasteiger partial charge in [-0.1, -0.05) is 6.92 Å². The first-order valence-corrected chi connectivity index (χ1v) is 7.61. The van der Waals surface area contributed by atoms with Crippen molar-refractivity contribution in [2.75, 3.05) is 20.2 Å². The molecule has 2 atom stereocenters. The van der Waals surface area contributed by atoms with Crippen molar-refractivity contribution in [2.24, 2.45) is 5.84 Å². The summed E-state index contributed by atoms with van der Waals surface area (Å²) in [4.78, 5) is 2.45. The Labute approximate surface area is 126 Å². The van der Waals surface area contributed by atoms with Crippen molar-refractivity contribution in [1.29, 1.82) is 0 Å². The summed E-state index contributed by atoms with van der Waals surface area (Å²) in [6.45, 7) is 6.45. The number of rotatable bonds is 6. The van der Waals surface area contributed by atoms with E-state index in [0.29, 0.717) is 5.75 Å². The maximum absolute atomic E-state index is 13.7. The Balaban J connectivity index is 2.43. The quantitative estimate of drug-likeness (QED) is 0.626. The first-order chi connectivity index (χ1) is 10.1. The number of hydrogen-bond acceptors (Lipinski definition) is 4. The van der Waals surface area contributed by atoms with Crippen molar-refractivity contribution in [3.05, 3.63) is 29.6 Å². The zero-order valence-corrected chi connectivity index (χ0v) is 13.2. The van der Waals surface area contributed by atoms with Gasteiger partial charge in [0.1, 0.15) is 11.6 Å². The van der Waals surface area contributed by atoms with Gasteiger partial charge in [-0.25, -0.2) is 4.39 Å². The highest BCUT2D eigenvalue weighted by molar-refractivity contribution is 5.38. The van der Waals surface area contributed by atoms with Gasteiger partial charge in [0, 0.05) is 11.1 Å². The SMILES string of the molecule is CCC(C)(C(NN)c1cc(F)ccc1OC)N1CCCC1. The topological polar surface area (TPSA) is 50.5 Å². The molecule has 0 aliphatic carbocycles. The van der Waals surface area contributed by atoms with Gasteiger partial charge in [-0.2, -0.15) is 0 Å². The summed E-state index contributed by atoms with van der Waals surface area (Å²) in [6.07, 6.45) is 3.32. The lowest BCUT2D eigenvalue weighted by Crippen LogP contribution is -2.54. The molecule has 0 amide bonds. The zero-order chi connectivity index (χ0) is 15.5. The third-order valence-corrected chi connectivity index (χ3v) is 4.84. The van der Waals surface area contributed by atoms with E-state index in [1.807, 2.05) is 0 Å². The van der Waals surface area contributed by atoms with E-state index in [-0.39, 0.29) is 17.4 Å². The first kappa shape index (κ1) is 16.2. The van der Waals surface area contributed by atoms with Crippen LogP contribution in [0.1, 0.15) is 44.7 Å². The number of ether oxygens (including phenoxy) is 1. The smallest absolute Gasteiger partial charge is 0.123 e. The number of methoxy groups -OCH3 is 1. The third-order valence-electron chi connectivity index (χ3n) is 4.84. The summed E-state index contributed by atoms with van der Waals surface area (Å²) in [5.41, 5.74) is 3.50. The van der Waals surface area contributed by atoms with Crippen LogP contribution in [0.5, 0.6) is 5.75 Å². The number of hydrogen-bond donors (Lipinski definition) is 2. The normalized spacial score (nSPS) is 20.2. The number of nitrogens with zero attached hydrogens (tertiary/aromatic N) is 1. The highest BCUT2D eigenvalue weighted by Crippen LogP contribution is 2.39. The average Bonchev–Trinajstić information content (AvgIpc) is 3.03. The van der Waals surface area contributed by atoms with Gasteiger partial charge in [0.2, 0.25) is 0 Å². The molecule has 1 heterocycles. The Bertz CT molecular complexity index is 477. The van der Waals surface area contributed by atoms with Gasteiger partial charge in [0.15, 0.2) is 0 Å². The average molecular weight is 295 g/mol. The predicted molar refractivity (Wildman–Crippen MR) is 82.5 cm³/mol. The maximum atomic E-state index is 13.7. The molecule has 0 radical (unpaired) electrons. The molecule has 1 aromatic rings. The van der Waals surface area contributed by atoms with Crippen LogP contribution in [0.15, 0.2) is 18.2 Å². The second-order valence-electron chi connectivity index (χ2n) is 5.89. The van der Waals surface area contributed by atoms with E-state index in [0.717, 1.165) is 25.1 Å². The molecule has 4 nitrogen and oxygen atoms in total. The molecule has 1 saturated heterocycles. The van der Waals surface area contributed by atoms with Gasteiger partial charge in [-0.3, -0.25) is 16.2 Å². The molecule has 3 N–H and O–H groups in total. The zero-order valence-electron chi connectivity index (χ0n) is 13.2. The van der Waals surface area contributed by atoms with E-state index >= 15 is 0 Å². The Morgan fingerprint density at radius 2 is 2.10 bits per heavy atom. The van der Waals surface area contributed by atoms with E-state index in [4.69, 9.17) is 10.6 Å². The Kier molecular flexibility index (Phi) is 5.19. The minimum atomic E-state index is -0.272. The number of nitrogens with one attached hydrogen (secondary N) is 1. The fraction of sp³-hybridized carbons (Fsp3) is 0.625. The van der Waals surface area contributed by atoms with Crippen LogP contribution in [0.4, 0.5) is 4.39 Å². The van der Waals surface area contributed by atoms with Crippen LogP contribution in [-0.4, -0.2) is 30.6 Å². The molecule has 1 aromatic carbocycles. The van der Waals surface area contributed by atoms with Crippen molar-refractivity contribution in [3.8, 4) is 5.75 Å². The molecule has 1 aliphatic heterocycles. The van der Waals surface area contributed by atoms with Crippen molar-refractivity contribution in [1.82, 2.24) is 10.3 Å². The molecule has 5 heteroatoms. The molecule has 2 rings (SSSR count). The number of halogens is 1. The molecule has 1 aliphatic rings. The van der Waals surface area contributed by atoms with E-state index in [9.17, 15) is 4.39 Å². The minimum Gasteiger partial charge on any atom is -0.496 e. The van der Waals surface area contributed by atoms with Crippen LogP contribution >= 0.6 is 0 Å². The van der Waals surface area contributed by atoms with Gasteiger partial charge >= 0.3 is 0 Å². The molecular weight excluding hydrogens is 269 g/mol. The van der Waals surface area contributed by atoms with Gasteiger partial charge in [0.25, 0.3) is 0 Å². The van der Waals surface area contributed by atoms with Crippen LogP contribution in [0, 0.1) is 5.82 Å². The molecule has 118 valence electrons. The van der Waals surface area contributed by atoms with E-state index in [1.165, 1.54) is 25.0 Å². The molecule has 0 spiro atoms. The largest absolute Gasteiger partial charge is 0.496 e. The van der Waals surface area contributed by atoms with Gasteiger partial charge < -0.3 is 4.74 Å². The summed E-state index contributed by atoms with van der Waals surface area (Å²) in [6, 6.07) is 4.41. The first-order valence-electron chi connectivity index (χ1n) is 7.61. The fourth-order valence-electron chi connectivity index (χ4n) is 3.37. The van der Waals surface area contributed by atoms with Crippen LogP contribution < -0.4 is 16.0 Å². The lowest BCUT2D eigenvalue weighted by atomic mass is 9.83. The molecule has 21 heavy (non-hydrogen) atoms. The van der Waals surface area contributed by atoms with Gasteiger partial charge in [0.05, 0.1) is 13.2 Å². The highest BCUT2D eigenvalue weighted by atomic mass is 19.1. The third kappa shape index (κ3) is 3.05. The molecule has 2 unspecified atom stereocenters. The van der Waals surface area contributed by atoms with Crippen LogP contribution in [0.3, 0.4) is 0 Å². The number of likely N-dealkylation sites (tertiary alicyclic amines) is 1. The number of nitrogens with two attached hydrogens (primary N) is 1. The van der Waals surface area contributed by atoms with Gasteiger partial charge in [-0.15, -0.1) is 0 Å². The summed E-state index contributed by atoms with van der Waals surface area (Å²) in [7, 11) is 1.60. The summed E-state index contributed by atoms with van der Waals surface area (Å²) in [5, 5.41) is 0. The Hall–Kier alpha value is -1.17. The maximum Gasteiger partial charge on any atom is 0.123 e. The summed E-state index contributed by atoms with van der Waals surface area (Å²) < 4.78 is 19.1. The van der Waals surface area contributed by atoms with Gasteiger partial charge in [-0.05, 0) is 57.5 Å². The molecular formula is C16H26FN3O. The van der Waals surface area contributed by atoms with Crippen molar-refractivity contribution in [3.63, 3.8) is 0 Å². The summed E-state index contributed by atoms with van der Waals surface area (Å²) in [5.74, 6) is 6.25. The monoisotopic (exact) mass is 295 g/mol. The second kappa shape index (κ2) is 6.73. The van der Waals surface area contributed by atoms with Crippen molar-refractivity contribution >= 4 is 0 Å². The molecule has 0 saturated carbocycles. The Morgan fingerprint density at radius 1 is 1.43 bits per heavy atom. The molecule has 1 fully saturated rings. The summed E-state index contributed by atoms with van der Waals surface area (Å²) >= 11 is 0. The second-order valence-corrected chi connectivity index (χ2v) is 5.89.